The molecule has 1 heterocycles. The van der Waals surface area contributed by atoms with Crippen molar-refractivity contribution >= 4 is 23.4 Å². The lowest BCUT2D eigenvalue weighted by Gasteiger charge is -2.31. The van der Waals surface area contributed by atoms with E-state index in [4.69, 9.17) is 10.5 Å². The van der Waals surface area contributed by atoms with E-state index in [-0.39, 0.29) is 12.5 Å². The van der Waals surface area contributed by atoms with Crippen molar-refractivity contribution in [3.63, 3.8) is 0 Å². The van der Waals surface area contributed by atoms with Crippen molar-refractivity contribution in [2.24, 2.45) is 5.73 Å². The molecule has 92 valence electrons. The van der Waals surface area contributed by atoms with Crippen LogP contribution in [0.15, 0.2) is 29.2 Å². The number of nitrogens with two attached hydrogens (primary N) is 1. The number of hydrogen-bond acceptors (Lipinski definition) is 4. The number of nitrogens with zero attached hydrogens (tertiary/aromatic N) is 1. The molecule has 17 heavy (non-hydrogen) atoms. The highest BCUT2D eigenvalue weighted by Gasteiger charge is 2.27. The van der Waals surface area contributed by atoms with Gasteiger partial charge >= 0.3 is 0 Å². The third kappa shape index (κ3) is 2.46. The van der Waals surface area contributed by atoms with Crippen LogP contribution in [-0.4, -0.2) is 38.0 Å². The van der Waals surface area contributed by atoms with Gasteiger partial charge in [-0.05, 0) is 12.1 Å². The molecular weight excluding hydrogens is 236 g/mol. The maximum atomic E-state index is 12.2. The highest BCUT2D eigenvalue weighted by atomic mass is 32.2. The number of carbonyl (C=O) groups excluding carboxylic acids is 1. The van der Waals surface area contributed by atoms with Gasteiger partial charge < -0.3 is 15.4 Å². The molecule has 1 aromatic rings. The standard InChI is InChI=1S/C12H16N2O2S/c1-16-10(8-13)12(15)14-6-7-17-11-5-3-2-4-9(11)14/h2-5,10H,6-8,13H2,1H3. The lowest BCUT2D eigenvalue weighted by molar-refractivity contribution is -0.127. The largest absolute Gasteiger partial charge is 0.370 e. The minimum absolute atomic E-state index is 0.0530. The smallest absolute Gasteiger partial charge is 0.257 e. The van der Waals surface area contributed by atoms with Crippen molar-refractivity contribution in [1.29, 1.82) is 0 Å². The van der Waals surface area contributed by atoms with Crippen LogP contribution in [0.2, 0.25) is 0 Å². The second kappa shape index (κ2) is 5.53. The predicted molar refractivity (Wildman–Crippen MR) is 69.4 cm³/mol. The number of thioether (sulfide) groups is 1. The molecule has 2 N–H and O–H groups in total. The number of ether oxygens (including phenoxy) is 1. The molecule has 1 amide bonds. The Labute approximate surface area is 105 Å². The first-order valence-electron chi connectivity index (χ1n) is 5.54. The first-order valence-corrected chi connectivity index (χ1v) is 6.52. The van der Waals surface area contributed by atoms with Crippen LogP contribution in [0.4, 0.5) is 5.69 Å². The van der Waals surface area contributed by atoms with Gasteiger partial charge in [0.25, 0.3) is 5.91 Å². The molecule has 1 atom stereocenters. The number of rotatable bonds is 3. The summed E-state index contributed by atoms with van der Waals surface area (Å²) in [6.45, 7) is 0.918. The van der Waals surface area contributed by atoms with Gasteiger partial charge in [-0.2, -0.15) is 0 Å². The van der Waals surface area contributed by atoms with E-state index in [1.807, 2.05) is 24.3 Å². The number of methoxy groups -OCH3 is 1. The molecule has 0 saturated carbocycles. The van der Waals surface area contributed by atoms with Crippen molar-refractivity contribution in [1.82, 2.24) is 0 Å². The van der Waals surface area contributed by atoms with Gasteiger partial charge in [-0.15, -0.1) is 11.8 Å². The van der Waals surface area contributed by atoms with Crippen molar-refractivity contribution in [2.45, 2.75) is 11.0 Å². The van der Waals surface area contributed by atoms with E-state index in [0.29, 0.717) is 6.54 Å². The zero-order valence-corrected chi connectivity index (χ0v) is 10.6. The fourth-order valence-corrected chi connectivity index (χ4v) is 2.86. The molecule has 0 spiro atoms. The van der Waals surface area contributed by atoms with Crippen molar-refractivity contribution in [2.75, 3.05) is 30.9 Å². The van der Waals surface area contributed by atoms with Gasteiger partial charge in [0.15, 0.2) is 0 Å². The zero-order chi connectivity index (χ0) is 12.3. The van der Waals surface area contributed by atoms with Gasteiger partial charge in [0, 0.05) is 30.8 Å². The predicted octanol–water partition coefficient (Wildman–Crippen LogP) is 1.10. The highest BCUT2D eigenvalue weighted by molar-refractivity contribution is 7.99. The fraction of sp³-hybridized carbons (Fsp3) is 0.417. The first kappa shape index (κ1) is 12.4. The summed E-state index contributed by atoms with van der Waals surface area (Å²) in [5.41, 5.74) is 6.50. The maximum absolute atomic E-state index is 12.2. The Morgan fingerprint density at radius 3 is 3.06 bits per heavy atom. The molecule has 0 aromatic heterocycles. The zero-order valence-electron chi connectivity index (χ0n) is 9.76. The summed E-state index contributed by atoms with van der Waals surface area (Å²) < 4.78 is 5.11. The maximum Gasteiger partial charge on any atom is 0.257 e. The Bertz CT molecular complexity index is 407. The van der Waals surface area contributed by atoms with Crippen molar-refractivity contribution < 1.29 is 9.53 Å². The third-order valence-electron chi connectivity index (χ3n) is 2.77. The van der Waals surface area contributed by atoms with Gasteiger partial charge in [-0.3, -0.25) is 4.79 Å². The molecule has 2 rings (SSSR count). The van der Waals surface area contributed by atoms with Crippen LogP contribution in [0.25, 0.3) is 0 Å². The van der Waals surface area contributed by atoms with E-state index in [1.54, 1.807) is 16.7 Å². The minimum atomic E-state index is -0.550. The molecule has 0 fully saturated rings. The molecule has 1 aliphatic heterocycles. The molecule has 0 aliphatic carbocycles. The number of hydrogen-bond donors (Lipinski definition) is 1. The first-order chi connectivity index (χ1) is 8.27. The summed E-state index contributed by atoms with van der Waals surface area (Å²) in [6.07, 6.45) is -0.550. The lowest BCUT2D eigenvalue weighted by atomic mass is 10.2. The molecule has 1 aliphatic rings. The van der Waals surface area contributed by atoms with E-state index >= 15 is 0 Å². The molecule has 5 heteroatoms. The normalized spacial score (nSPS) is 16.5. The monoisotopic (exact) mass is 252 g/mol. The summed E-state index contributed by atoms with van der Waals surface area (Å²) >= 11 is 1.77. The van der Waals surface area contributed by atoms with Crippen LogP contribution in [0.5, 0.6) is 0 Å². The Balaban J connectivity index is 2.26. The molecule has 1 unspecified atom stereocenters. The number of anilines is 1. The Kier molecular flexibility index (Phi) is 4.04. The molecule has 0 radical (unpaired) electrons. The third-order valence-corrected chi connectivity index (χ3v) is 3.81. The van der Waals surface area contributed by atoms with E-state index in [1.165, 1.54) is 7.11 Å². The SMILES string of the molecule is COC(CN)C(=O)N1CCSc2ccccc21. The van der Waals surface area contributed by atoms with Gasteiger partial charge in [0.05, 0.1) is 5.69 Å². The average Bonchev–Trinajstić information content (AvgIpc) is 2.39. The summed E-state index contributed by atoms with van der Waals surface area (Å²) in [5, 5.41) is 0. The van der Waals surface area contributed by atoms with Crippen LogP contribution >= 0.6 is 11.8 Å². The molecular formula is C12H16N2O2S. The number of para-hydroxylation sites is 1. The van der Waals surface area contributed by atoms with Gasteiger partial charge in [-0.1, -0.05) is 12.1 Å². The van der Waals surface area contributed by atoms with Gasteiger partial charge in [0.1, 0.15) is 6.10 Å². The molecule has 4 nitrogen and oxygen atoms in total. The summed E-state index contributed by atoms with van der Waals surface area (Å²) in [4.78, 5) is 15.1. The molecule has 0 bridgehead atoms. The lowest BCUT2D eigenvalue weighted by Crippen LogP contribution is -2.45. The van der Waals surface area contributed by atoms with Crippen molar-refractivity contribution in [3.05, 3.63) is 24.3 Å². The number of fused-ring (bicyclic) bond motifs is 1. The Morgan fingerprint density at radius 2 is 2.35 bits per heavy atom. The second-order valence-corrected chi connectivity index (χ2v) is 4.90. The van der Waals surface area contributed by atoms with Crippen LogP contribution in [0.3, 0.4) is 0 Å². The number of benzene rings is 1. The highest BCUT2D eigenvalue weighted by Crippen LogP contribution is 2.34. The van der Waals surface area contributed by atoms with E-state index in [0.717, 1.165) is 16.3 Å². The fourth-order valence-electron chi connectivity index (χ4n) is 1.87. The Morgan fingerprint density at radius 1 is 1.59 bits per heavy atom. The summed E-state index contributed by atoms with van der Waals surface area (Å²) in [5.74, 6) is 0.853. The summed E-state index contributed by atoms with van der Waals surface area (Å²) in [6, 6.07) is 7.91. The average molecular weight is 252 g/mol. The minimum Gasteiger partial charge on any atom is -0.370 e. The van der Waals surface area contributed by atoms with Crippen LogP contribution in [-0.2, 0) is 9.53 Å². The second-order valence-electron chi connectivity index (χ2n) is 3.77. The Hall–Kier alpha value is -1.04. The van der Waals surface area contributed by atoms with Gasteiger partial charge in [0.2, 0.25) is 0 Å². The van der Waals surface area contributed by atoms with Gasteiger partial charge in [-0.25, -0.2) is 0 Å². The van der Waals surface area contributed by atoms with Crippen molar-refractivity contribution in [3.8, 4) is 0 Å². The summed E-state index contributed by atoms with van der Waals surface area (Å²) in [7, 11) is 1.51. The molecule has 1 aromatic carbocycles. The number of amides is 1. The van der Waals surface area contributed by atoms with E-state index < -0.39 is 6.10 Å². The van der Waals surface area contributed by atoms with E-state index in [2.05, 4.69) is 0 Å². The number of carbonyl (C=O) groups is 1. The molecule has 0 saturated heterocycles. The van der Waals surface area contributed by atoms with E-state index in [9.17, 15) is 4.79 Å². The van der Waals surface area contributed by atoms with Crippen LogP contribution in [0.1, 0.15) is 0 Å². The van der Waals surface area contributed by atoms with Crippen LogP contribution in [0, 0.1) is 0 Å². The topological polar surface area (TPSA) is 55.6 Å². The van der Waals surface area contributed by atoms with Crippen LogP contribution < -0.4 is 10.6 Å². The quantitative estimate of drug-likeness (QED) is 0.875.